The van der Waals surface area contributed by atoms with Gasteiger partial charge in [-0.15, -0.1) is 0 Å². The fraction of sp³-hybridized carbons (Fsp3) is 0.167. The molecule has 0 aliphatic rings. The molecule has 10 heteroatoms. The number of carbonyl (C=O) groups excluding carboxylic acids is 1. The van der Waals surface area contributed by atoms with E-state index in [4.69, 9.17) is 8.94 Å². The van der Waals surface area contributed by atoms with Crippen LogP contribution in [-0.2, 0) is 21.2 Å². The lowest BCUT2D eigenvalue weighted by Gasteiger charge is -2.08. The molecule has 4 rings (SSSR count). The molecule has 0 spiro atoms. The summed E-state index contributed by atoms with van der Waals surface area (Å²) in [6.45, 7) is 3.41. The van der Waals surface area contributed by atoms with Crippen molar-refractivity contribution in [2.24, 2.45) is 0 Å². The summed E-state index contributed by atoms with van der Waals surface area (Å²) in [5.74, 6) is 0.359. The van der Waals surface area contributed by atoms with E-state index in [1.807, 2.05) is 0 Å². The van der Waals surface area contributed by atoms with Gasteiger partial charge in [0.1, 0.15) is 17.3 Å². The maximum absolute atomic E-state index is 13.9. The maximum atomic E-state index is 13.9. The van der Waals surface area contributed by atoms with E-state index in [9.17, 15) is 17.6 Å². The van der Waals surface area contributed by atoms with Crippen molar-refractivity contribution in [2.45, 2.75) is 31.6 Å². The van der Waals surface area contributed by atoms with Gasteiger partial charge in [0.25, 0.3) is 10.0 Å². The van der Waals surface area contributed by atoms with Gasteiger partial charge in [-0.25, -0.2) is 17.5 Å². The summed E-state index contributed by atoms with van der Waals surface area (Å²) in [5.41, 5.74) is 2.00. The minimum absolute atomic E-state index is 0.00945. The second-order valence-electron chi connectivity index (χ2n) is 7.65. The van der Waals surface area contributed by atoms with Crippen molar-refractivity contribution < 1.29 is 26.5 Å². The zero-order valence-electron chi connectivity index (χ0n) is 18.5. The van der Waals surface area contributed by atoms with Crippen molar-refractivity contribution in [3.05, 3.63) is 83.5 Å². The summed E-state index contributed by atoms with van der Waals surface area (Å²) in [7, 11) is -3.87. The van der Waals surface area contributed by atoms with E-state index in [-0.39, 0.29) is 28.9 Å². The van der Waals surface area contributed by atoms with Crippen molar-refractivity contribution >= 4 is 27.5 Å². The molecule has 0 fully saturated rings. The predicted octanol–water partition coefficient (Wildman–Crippen LogP) is 5.06. The molecule has 8 nitrogen and oxygen atoms in total. The standard InChI is InChI=1S/C24H22FN3O5S/c1-15-16(2)27-33-24(15)28-34(30,31)19-11-7-17(8-12-19)26-23(29)14-10-18-9-13-22(32-18)20-5-3-4-6-21(20)25/h3-9,11-13,28H,10,14H2,1-2H3,(H,26,29). The molecule has 2 heterocycles. The molecule has 0 saturated heterocycles. The Labute approximate surface area is 195 Å². The van der Waals surface area contributed by atoms with Gasteiger partial charge in [0.15, 0.2) is 0 Å². The summed E-state index contributed by atoms with van der Waals surface area (Å²) < 4.78 is 52.0. The number of furan rings is 1. The van der Waals surface area contributed by atoms with Crippen LogP contribution in [0.3, 0.4) is 0 Å². The van der Waals surface area contributed by atoms with Crippen LogP contribution in [0.4, 0.5) is 16.0 Å². The van der Waals surface area contributed by atoms with Crippen molar-refractivity contribution in [3.8, 4) is 11.3 Å². The highest BCUT2D eigenvalue weighted by molar-refractivity contribution is 7.92. The van der Waals surface area contributed by atoms with Crippen LogP contribution < -0.4 is 10.0 Å². The largest absolute Gasteiger partial charge is 0.461 e. The minimum atomic E-state index is -3.87. The zero-order chi connectivity index (χ0) is 24.3. The number of sulfonamides is 1. The molecule has 0 bridgehead atoms. The summed E-state index contributed by atoms with van der Waals surface area (Å²) in [4.78, 5) is 12.3. The SMILES string of the molecule is Cc1noc(NS(=O)(=O)c2ccc(NC(=O)CCc3ccc(-c4ccccc4F)o3)cc2)c1C. The van der Waals surface area contributed by atoms with E-state index in [2.05, 4.69) is 15.2 Å². The molecule has 0 saturated carbocycles. The van der Waals surface area contributed by atoms with E-state index in [0.29, 0.717) is 40.4 Å². The molecule has 0 aliphatic carbocycles. The Bertz CT molecular complexity index is 1430. The van der Waals surface area contributed by atoms with Gasteiger partial charge in [0.05, 0.1) is 16.2 Å². The number of anilines is 2. The third-order valence-corrected chi connectivity index (χ3v) is 6.58. The molecule has 0 radical (unpaired) electrons. The van der Waals surface area contributed by atoms with Crippen LogP contribution in [0.2, 0.25) is 0 Å². The van der Waals surface area contributed by atoms with E-state index in [1.165, 1.54) is 30.3 Å². The van der Waals surface area contributed by atoms with E-state index in [1.54, 1.807) is 44.2 Å². The minimum Gasteiger partial charge on any atom is -0.461 e. The zero-order valence-corrected chi connectivity index (χ0v) is 19.3. The van der Waals surface area contributed by atoms with Gasteiger partial charge in [0, 0.05) is 24.1 Å². The lowest BCUT2D eigenvalue weighted by molar-refractivity contribution is -0.116. The molecule has 0 atom stereocenters. The molecule has 0 aliphatic heterocycles. The van der Waals surface area contributed by atoms with Crippen molar-refractivity contribution in [3.63, 3.8) is 0 Å². The topological polar surface area (TPSA) is 114 Å². The van der Waals surface area contributed by atoms with Crippen LogP contribution in [0.5, 0.6) is 0 Å². The van der Waals surface area contributed by atoms with Gasteiger partial charge in [-0.2, -0.15) is 0 Å². The van der Waals surface area contributed by atoms with Gasteiger partial charge in [0.2, 0.25) is 11.8 Å². The van der Waals surface area contributed by atoms with Gasteiger partial charge in [-0.05, 0) is 62.4 Å². The number of amides is 1. The molecule has 2 N–H and O–H groups in total. The second kappa shape index (κ2) is 9.52. The smallest absolute Gasteiger partial charge is 0.264 e. The molecular weight excluding hydrogens is 461 g/mol. The Kier molecular flexibility index (Phi) is 6.51. The van der Waals surface area contributed by atoms with Crippen LogP contribution in [0.25, 0.3) is 11.3 Å². The Morgan fingerprint density at radius 1 is 1.03 bits per heavy atom. The van der Waals surface area contributed by atoms with Crippen LogP contribution in [0.1, 0.15) is 23.4 Å². The molecule has 1 amide bonds. The molecule has 2 aromatic carbocycles. The van der Waals surface area contributed by atoms with Crippen LogP contribution in [0.15, 0.2) is 74.5 Å². The number of rotatable bonds is 8. The number of nitrogens with one attached hydrogen (secondary N) is 2. The third-order valence-electron chi connectivity index (χ3n) is 5.23. The Morgan fingerprint density at radius 2 is 1.76 bits per heavy atom. The molecule has 0 unspecified atom stereocenters. The predicted molar refractivity (Wildman–Crippen MR) is 124 cm³/mol. The highest BCUT2D eigenvalue weighted by Crippen LogP contribution is 2.26. The number of hydrogen-bond donors (Lipinski definition) is 2. The number of carbonyl (C=O) groups is 1. The first-order valence-electron chi connectivity index (χ1n) is 10.4. The summed E-state index contributed by atoms with van der Waals surface area (Å²) in [5, 5.41) is 6.44. The fourth-order valence-corrected chi connectivity index (χ4v) is 4.23. The van der Waals surface area contributed by atoms with Crippen molar-refractivity contribution in [1.29, 1.82) is 0 Å². The van der Waals surface area contributed by atoms with E-state index >= 15 is 0 Å². The van der Waals surface area contributed by atoms with Gasteiger partial charge < -0.3 is 14.3 Å². The summed E-state index contributed by atoms with van der Waals surface area (Å²) in [6, 6.07) is 15.4. The number of halogens is 1. The van der Waals surface area contributed by atoms with E-state index in [0.717, 1.165) is 0 Å². The number of aromatic nitrogens is 1. The highest BCUT2D eigenvalue weighted by Gasteiger charge is 2.19. The quantitative estimate of drug-likeness (QED) is 0.362. The number of hydrogen-bond acceptors (Lipinski definition) is 6. The summed E-state index contributed by atoms with van der Waals surface area (Å²) in [6.07, 6.45) is 0.461. The van der Waals surface area contributed by atoms with Crippen LogP contribution >= 0.6 is 0 Å². The third kappa shape index (κ3) is 5.18. The lowest BCUT2D eigenvalue weighted by Crippen LogP contribution is -2.14. The second-order valence-corrected chi connectivity index (χ2v) is 9.33. The van der Waals surface area contributed by atoms with Gasteiger partial charge in [-0.3, -0.25) is 4.79 Å². The molecular formula is C24H22FN3O5S. The Balaban J connectivity index is 1.33. The first kappa shape index (κ1) is 23.2. The fourth-order valence-electron chi connectivity index (χ4n) is 3.19. The molecule has 34 heavy (non-hydrogen) atoms. The first-order chi connectivity index (χ1) is 16.2. The average Bonchev–Trinajstić information content (AvgIpc) is 3.40. The van der Waals surface area contributed by atoms with Gasteiger partial charge >= 0.3 is 0 Å². The monoisotopic (exact) mass is 483 g/mol. The normalized spacial score (nSPS) is 11.4. The first-order valence-corrected chi connectivity index (χ1v) is 11.9. The average molecular weight is 484 g/mol. The maximum Gasteiger partial charge on any atom is 0.264 e. The number of nitrogens with zero attached hydrogens (tertiary/aromatic N) is 1. The van der Waals surface area contributed by atoms with E-state index < -0.39 is 10.0 Å². The van der Waals surface area contributed by atoms with Crippen molar-refractivity contribution in [1.82, 2.24) is 5.16 Å². The van der Waals surface area contributed by atoms with Crippen LogP contribution in [-0.4, -0.2) is 19.5 Å². The molecule has 2 aromatic heterocycles. The number of benzene rings is 2. The summed E-state index contributed by atoms with van der Waals surface area (Å²) >= 11 is 0. The number of aryl methyl sites for hydroxylation is 2. The highest BCUT2D eigenvalue weighted by atomic mass is 32.2. The van der Waals surface area contributed by atoms with Gasteiger partial charge in [-0.1, -0.05) is 17.3 Å². The van der Waals surface area contributed by atoms with Crippen LogP contribution in [0, 0.1) is 19.7 Å². The molecule has 176 valence electrons. The molecule has 4 aromatic rings. The lowest BCUT2D eigenvalue weighted by atomic mass is 10.1. The Hall–Kier alpha value is -3.92. The van der Waals surface area contributed by atoms with Crippen molar-refractivity contribution in [2.75, 3.05) is 10.0 Å². The Morgan fingerprint density at radius 3 is 2.44 bits per heavy atom.